The topological polar surface area (TPSA) is 29.3 Å². The Hall–Kier alpha value is -0.540. The van der Waals surface area contributed by atoms with Crippen molar-refractivity contribution in [3.63, 3.8) is 0 Å². The van der Waals surface area contributed by atoms with E-state index in [2.05, 4.69) is 10.1 Å². The second-order valence-electron chi connectivity index (χ2n) is 2.65. The van der Waals surface area contributed by atoms with Crippen LogP contribution in [0.4, 0.5) is 0 Å². The van der Waals surface area contributed by atoms with E-state index >= 15 is 0 Å². The molecule has 0 saturated carbocycles. The summed E-state index contributed by atoms with van der Waals surface area (Å²) in [5.74, 6) is 0.911. The fourth-order valence-corrected chi connectivity index (χ4v) is 0.811. The van der Waals surface area contributed by atoms with Crippen LogP contribution in [0.2, 0.25) is 0 Å². The molecule has 0 aliphatic heterocycles. The third-order valence-electron chi connectivity index (χ3n) is 1.34. The van der Waals surface area contributed by atoms with Gasteiger partial charge in [0.1, 0.15) is 5.76 Å². The summed E-state index contributed by atoms with van der Waals surface area (Å²) in [5.41, 5.74) is 1.16. The highest BCUT2D eigenvalue weighted by atomic mass is 35.5. The number of hydrogen-bond donors (Lipinski definition) is 0. The van der Waals surface area contributed by atoms with Crippen molar-refractivity contribution in [2.24, 2.45) is 0 Å². The number of halogens is 1. The van der Waals surface area contributed by atoms with Crippen LogP contribution in [-0.4, -0.2) is 24.2 Å². The van der Waals surface area contributed by atoms with Gasteiger partial charge in [-0.1, -0.05) is 5.16 Å². The molecule has 64 valence electrons. The van der Waals surface area contributed by atoms with Gasteiger partial charge in [-0.25, -0.2) is 0 Å². The van der Waals surface area contributed by atoms with E-state index < -0.39 is 0 Å². The Bertz CT molecular complexity index is 210. The highest BCUT2D eigenvalue weighted by Gasteiger charge is 2.02. The summed E-state index contributed by atoms with van der Waals surface area (Å²) in [7, 11) is 4.04. The van der Waals surface area contributed by atoms with Crippen molar-refractivity contribution in [1.82, 2.24) is 10.1 Å². The van der Waals surface area contributed by atoms with E-state index in [0.717, 1.165) is 17.9 Å². The van der Waals surface area contributed by atoms with E-state index in [1.807, 2.05) is 21.0 Å². The molecule has 0 aromatic carbocycles. The standard InChI is InChI=1S/C7H12N2O.ClH/c1-6-7(4-8-10-6)5-9(2)3;/h4H,5H2,1-3H3;1H. The van der Waals surface area contributed by atoms with Crippen LogP contribution in [0.3, 0.4) is 0 Å². The first-order chi connectivity index (χ1) is 4.70. The van der Waals surface area contributed by atoms with Crippen molar-refractivity contribution in [2.45, 2.75) is 13.5 Å². The molecule has 0 unspecified atom stereocenters. The molecule has 11 heavy (non-hydrogen) atoms. The first kappa shape index (κ1) is 10.5. The second kappa shape index (κ2) is 4.36. The molecular weight excluding hydrogens is 164 g/mol. The Kier molecular flexibility index (Phi) is 4.15. The number of nitrogens with zero attached hydrogens (tertiary/aromatic N) is 2. The normalized spacial score (nSPS) is 9.82. The molecule has 0 aliphatic rings. The molecule has 0 spiro atoms. The summed E-state index contributed by atoms with van der Waals surface area (Å²) in [6, 6.07) is 0. The zero-order valence-electron chi connectivity index (χ0n) is 7.00. The van der Waals surface area contributed by atoms with Crippen molar-refractivity contribution in [3.8, 4) is 0 Å². The SMILES string of the molecule is Cc1oncc1CN(C)C.Cl. The fourth-order valence-electron chi connectivity index (χ4n) is 0.811. The first-order valence-electron chi connectivity index (χ1n) is 3.25. The van der Waals surface area contributed by atoms with Crippen molar-refractivity contribution < 1.29 is 4.52 Å². The number of aromatic nitrogens is 1. The molecule has 1 rings (SSSR count). The Balaban J connectivity index is 0.000001000. The van der Waals surface area contributed by atoms with Crippen LogP contribution < -0.4 is 0 Å². The van der Waals surface area contributed by atoms with Gasteiger partial charge in [-0.05, 0) is 21.0 Å². The van der Waals surface area contributed by atoms with Crippen molar-refractivity contribution >= 4 is 12.4 Å². The Morgan fingerprint density at radius 3 is 2.55 bits per heavy atom. The lowest BCUT2D eigenvalue weighted by molar-refractivity contribution is 0.380. The average Bonchev–Trinajstić information content (AvgIpc) is 2.15. The third kappa shape index (κ3) is 2.91. The molecule has 0 atom stereocenters. The molecule has 0 N–H and O–H groups in total. The van der Waals surface area contributed by atoms with Gasteiger partial charge in [-0.15, -0.1) is 12.4 Å². The summed E-state index contributed by atoms with van der Waals surface area (Å²) in [5, 5.41) is 3.67. The van der Waals surface area contributed by atoms with E-state index in [-0.39, 0.29) is 12.4 Å². The number of rotatable bonds is 2. The first-order valence-corrected chi connectivity index (χ1v) is 3.25. The van der Waals surface area contributed by atoms with Crippen LogP contribution in [0.25, 0.3) is 0 Å². The minimum atomic E-state index is 0. The zero-order valence-corrected chi connectivity index (χ0v) is 7.81. The monoisotopic (exact) mass is 176 g/mol. The molecule has 0 radical (unpaired) electrons. The summed E-state index contributed by atoms with van der Waals surface area (Å²) < 4.78 is 4.89. The predicted octanol–water partition coefficient (Wildman–Crippen LogP) is 1.47. The van der Waals surface area contributed by atoms with E-state index in [1.165, 1.54) is 0 Å². The van der Waals surface area contributed by atoms with E-state index in [9.17, 15) is 0 Å². The summed E-state index contributed by atoms with van der Waals surface area (Å²) >= 11 is 0. The van der Waals surface area contributed by atoms with Crippen LogP contribution >= 0.6 is 12.4 Å². The van der Waals surface area contributed by atoms with E-state index in [4.69, 9.17) is 4.52 Å². The van der Waals surface area contributed by atoms with Gasteiger partial charge in [0.15, 0.2) is 0 Å². The second-order valence-corrected chi connectivity index (χ2v) is 2.65. The lowest BCUT2D eigenvalue weighted by Crippen LogP contribution is -2.10. The van der Waals surface area contributed by atoms with Gasteiger partial charge < -0.3 is 9.42 Å². The molecular formula is C7H13ClN2O. The Morgan fingerprint density at radius 2 is 2.18 bits per heavy atom. The van der Waals surface area contributed by atoms with Gasteiger partial charge in [0.2, 0.25) is 0 Å². The van der Waals surface area contributed by atoms with E-state index in [1.54, 1.807) is 6.20 Å². The molecule has 1 aromatic heterocycles. The van der Waals surface area contributed by atoms with E-state index in [0.29, 0.717) is 0 Å². The molecule has 0 aliphatic carbocycles. The van der Waals surface area contributed by atoms with Gasteiger partial charge in [0, 0.05) is 12.1 Å². The van der Waals surface area contributed by atoms with Crippen molar-refractivity contribution in [3.05, 3.63) is 17.5 Å². The minimum Gasteiger partial charge on any atom is -0.361 e. The molecule has 0 saturated heterocycles. The number of aryl methyl sites for hydroxylation is 1. The van der Waals surface area contributed by atoms with Gasteiger partial charge in [-0.3, -0.25) is 0 Å². The Morgan fingerprint density at radius 1 is 1.55 bits per heavy atom. The molecule has 1 heterocycles. The summed E-state index contributed by atoms with van der Waals surface area (Å²) in [6.45, 7) is 2.82. The van der Waals surface area contributed by atoms with Gasteiger partial charge in [0.25, 0.3) is 0 Å². The largest absolute Gasteiger partial charge is 0.361 e. The maximum absolute atomic E-state index is 4.89. The quantitative estimate of drug-likeness (QED) is 0.684. The predicted molar refractivity (Wildman–Crippen MR) is 45.9 cm³/mol. The van der Waals surface area contributed by atoms with Crippen molar-refractivity contribution in [1.29, 1.82) is 0 Å². The summed E-state index contributed by atoms with van der Waals surface area (Å²) in [6.07, 6.45) is 1.76. The molecule has 0 fully saturated rings. The lowest BCUT2D eigenvalue weighted by atomic mass is 10.3. The highest BCUT2D eigenvalue weighted by Crippen LogP contribution is 2.06. The highest BCUT2D eigenvalue weighted by molar-refractivity contribution is 5.85. The average molecular weight is 177 g/mol. The van der Waals surface area contributed by atoms with Crippen LogP contribution in [0.1, 0.15) is 11.3 Å². The van der Waals surface area contributed by atoms with Crippen molar-refractivity contribution in [2.75, 3.05) is 14.1 Å². The van der Waals surface area contributed by atoms with Crippen LogP contribution in [0.15, 0.2) is 10.7 Å². The molecule has 0 amide bonds. The summed E-state index contributed by atoms with van der Waals surface area (Å²) in [4.78, 5) is 2.08. The fraction of sp³-hybridized carbons (Fsp3) is 0.571. The lowest BCUT2D eigenvalue weighted by Gasteiger charge is -2.06. The maximum Gasteiger partial charge on any atom is 0.138 e. The van der Waals surface area contributed by atoms with Crippen LogP contribution in [0, 0.1) is 6.92 Å². The molecule has 3 nitrogen and oxygen atoms in total. The smallest absolute Gasteiger partial charge is 0.138 e. The molecule has 4 heteroatoms. The number of hydrogen-bond acceptors (Lipinski definition) is 3. The third-order valence-corrected chi connectivity index (χ3v) is 1.34. The van der Waals surface area contributed by atoms with Gasteiger partial charge in [0.05, 0.1) is 6.20 Å². The zero-order chi connectivity index (χ0) is 7.56. The molecule has 0 bridgehead atoms. The minimum absolute atomic E-state index is 0. The Labute approximate surface area is 72.8 Å². The van der Waals surface area contributed by atoms with Crippen LogP contribution in [0.5, 0.6) is 0 Å². The van der Waals surface area contributed by atoms with Gasteiger partial charge >= 0.3 is 0 Å². The van der Waals surface area contributed by atoms with Crippen LogP contribution in [-0.2, 0) is 6.54 Å². The molecule has 1 aromatic rings. The van der Waals surface area contributed by atoms with Gasteiger partial charge in [-0.2, -0.15) is 0 Å². The maximum atomic E-state index is 4.89.